The summed E-state index contributed by atoms with van der Waals surface area (Å²) in [5.41, 5.74) is 3.07. The molecule has 30 heavy (non-hydrogen) atoms. The number of thiazole rings is 1. The van der Waals surface area contributed by atoms with Crippen molar-refractivity contribution in [3.05, 3.63) is 71.6 Å². The second-order valence-electron chi connectivity index (χ2n) is 6.92. The van der Waals surface area contributed by atoms with Crippen LogP contribution >= 0.6 is 11.3 Å². The molecule has 1 aliphatic heterocycles. The van der Waals surface area contributed by atoms with Gasteiger partial charge in [-0.05, 0) is 12.5 Å². The molecule has 1 aromatic heterocycles. The molecular weight excluding hydrogens is 394 g/mol. The average molecular weight is 411 g/mol. The standard InChI is InChI=1S/C23H17N5OS/c1-15-20(21(18(12-24)13-25)17-10-6-3-7-11-17)22(29)28(27-15)23-26-19(14-30-23)16-8-4-2-5-9-16/h2-11,14,18,20-21H,1H3/t20-,21+/m1/s1. The number of anilines is 1. The summed E-state index contributed by atoms with van der Waals surface area (Å²) in [7, 11) is 0. The van der Waals surface area contributed by atoms with Gasteiger partial charge in [-0.25, -0.2) is 4.98 Å². The normalized spacial score (nSPS) is 16.8. The third-order valence-corrected chi connectivity index (χ3v) is 5.92. The van der Waals surface area contributed by atoms with Crippen molar-refractivity contribution >= 4 is 28.1 Å². The van der Waals surface area contributed by atoms with Crippen LogP contribution < -0.4 is 5.01 Å². The smallest absolute Gasteiger partial charge is 0.259 e. The molecule has 0 unspecified atom stereocenters. The number of carbonyl (C=O) groups is 1. The van der Waals surface area contributed by atoms with Gasteiger partial charge in [0.1, 0.15) is 5.92 Å². The van der Waals surface area contributed by atoms with Crippen molar-refractivity contribution in [2.24, 2.45) is 16.9 Å². The maximum atomic E-state index is 13.4. The molecule has 2 atom stereocenters. The molecule has 0 saturated carbocycles. The topological polar surface area (TPSA) is 93.1 Å². The Hall–Kier alpha value is -3.81. The van der Waals surface area contributed by atoms with Crippen LogP contribution in [0.4, 0.5) is 5.13 Å². The fraction of sp³-hybridized carbons (Fsp3) is 0.174. The number of nitriles is 2. The fourth-order valence-electron chi connectivity index (χ4n) is 3.68. The van der Waals surface area contributed by atoms with Crippen LogP contribution in [0.2, 0.25) is 0 Å². The van der Waals surface area contributed by atoms with Crippen molar-refractivity contribution in [2.45, 2.75) is 12.8 Å². The van der Waals surface area contributed by atoms with E-state index < -0.39 is 17.8 Å². The van der Waals surface area contributed by atoms with Crippen molar-refractivity contribution in [3.8, 4) is 23.4 Å². The predicted molar refractivity (Wildman–Crippen MR) is 116 cm³/mol. The third-order valence-electron chi connectivity index (χ3n) is 5.11. The van der Waals surface area contributed by atoms with E-state index in [1.165, 1.54) is 16.3 Å². The maximum Gasteiger partial charge on any atom is 0.259 e. The van der Waals surface area contributed by atoms with E-state index in [2.05, 4.69) is 10.1 Å². The average Bonchev–Trinajstić information content (AvgIpc) is 3.38. The molecule has 0 spiro atoms. The molecule has 1 aliphatic rings. The van der Waals surface area contributed by atoms with Crippen LogP contribution in [-0.2, 0) is 4.79 Å². The Morgan fingerprint density at radius 1 is 1.03 bits per heavy atom. The van der Waals surface area contributed by atoms with Gasteiger partial charge in [0, 0.05) is 22.6 Å². The number of hydrogen-bond acceptors (Lipinski definition) is 6. The van der Waals surface area contributed by atoms with Crippen LogP contribution in [0.15, 0.2) is 71.1 Å². The predicted octanol–water partition coefficient (Wildman–Crippen LogP) is 4.60. The van der Waals surface area contributed by atoms with Gasteiger partial charge in [-0.3, -0.25) is 4.79 Å². The number of hydrazone groups is 1. The highest BCUT2D eigenvalue weighted by Gasteiger charge is 2.45. The van der Waals surface area contributed by atoms with Gasteiger partial charge in [0.25, 0.3) is 5.91 Å². The van der Waals surface area contributed by atoms with E-state index in [4.69, 9.17) is 0 Å². The summed E-state index contributed by atoms with van der Waals surface area (Å²) in [5, 5.41) is 27.2. The Balaban J connectivity index is 1.68. The van der Waals surface area contributed by atoms with Crippen LogP contribution in [0.5, 0.6) is 0 Å². The van der Waals surface area contributed by atoms with Crippen molar-refractivity contribution < 1.29 is 4.79 Å². The van der Waals surface area contributed by atoms with Gasteiger partial charge in [-0.1, -0.05) is 60.7 Å². The minimum absolute atomic E-state index is 0.272. The number of nitrogens with zero attached hydrogens (tertiary/aromatic N) is 5. The zero-order valence-corrected chi connectivity index (χ0v) is 17.0. The molecule has 2 aromatic carbocycles. The van der Waals surface area contributed by atoms with Gasteiger partial charge >= 0.3 is 0 Å². The Morgan fingerprint density at radius 3 is 2.30 bits per heavy atom. The Labute approximate surface area is 178 Å². The van der Waals surface area contributed by atoms with Crippen molar-refractivity contribution in [1.29, 1.82) is 10.5 Å². The zero-order chi connectivity index (χ0) is 21.1. The molecule has 0 bridgehead atoms. The lowest BCUT2D eigenvalue weighted by molar-refractivity contribution is -0.120. The van der Waals surface area contributed by atoms with Crippen LogP contribution in [-0.4, -0.2) is 16.6 Å². The van der Waals surface area contributed by atoms with E-state index in [0.717, 1.165) is 16.8 Å². The molecule has 3 aromatic rings. The SMILES string of the molecule is CC1=NN(c2nc(-c3ccccc3)cs2)C(=O)[C@H]1[C@@H](c1ccccc1)C(C#N)C#N. The number of aromatic nitrogens is 1. The van der Waals surface area contributed by atoms with Gasteiger partial charge in [-0.15, -0.1) is 11.3 Å². The highest BCUT2D eigenvalue weighted by Crippen LogP contribution is 2.39. The molecule has 7 heteroatoms. The lowest BCUT2D eigenvalue weighted by Crippen LogP contribution is -2.34. The lowest BCUT2D eigenvalue weighted by Gasteiger charge is -2.23. The maximum absolute atomic E-state index is 13.4. The van der Waals surface area contributed by atoms with Crippen LogP contribution in [0.3, 0.4) is 0 Å². The first-order valence-corrected chi connectivity index (χ1v) is 10.3. The molecule has 0 aliphatic carbocycles. The molecule has 146 valence electrons. The molecule has 0 saturated heterocycles. The monoisotopic (exact) mass is 411 g/mol. The number of carbonyl (C=O) groups excluding carboxylic acids is 1. The van der Waals surface area contributed by atoms with Gasteiger partial charge in [-0.2, -0.15) is 20.6 Å². The first-order valence-electron chi connectivity index (χ1n) is 9.38. The highest BCUT2D eigenvalue weighted by molar-refractivity contribution is 7.14. The molecule has 2 heterocycles. The summed E-state index contributed by atoms with van der Waals surface area (Å²) in [6, 6.07) is 23.0. The van der Waals surface area contributed by atoms with E-state index in [0.29, 0.717) is 10.8 Å². The summed E-state index contributed by atoms with van der Waals surface area (Å²) < 4.78 is 0. The summed E-state index contributed by atoms with van der Waals surface area (Å²) in [6.45, 7) is 1.76. The first kappa shape index (κ1) is 19.5. The Kier molecular flexibility index (Phi) is 5.38. The molecule has 4 rings (SSSR count). The van der Waals surface area contributed by atoms with E-state index in [1.807, 2.05) is 78.2 Å². The zero-order valence-electron chi connectivity index (χ0n) is 16.1. The van der Waals surface area contributed by atoms with Gasteiger partial charge in [0.2, 0.25) is 5.13 Å². The third kappa shape index (κ3) is 3.47. The minimum Gasteiger partial charge on any atom is -0.272 e. The van der Waals surface area contributed by atoms with Gasteiger partial charge in [0.15, 0.2) is 0 Å². The van der Waals surface area contributed by atoms with E-state index in [1.54, 1.807) is 6.92 Å². The van der Waals surface area contributed by atoms with Crippen LogP contribution in [0.1, 0.15) is 18.4 Å². The largest absolute Gasteiger partial charge is 0.272 e. The number of hydrogen-bond donors (Lipinski definition) is 0. The van der Waals surface area contributed by atoms with Crippen LogP contribution in [0.25, 0.3) is 11.3 Å². The molecular formula is C23H17N5OS. The molecule has 6 nitrogen and oxygen atoms in total. The van der Waals surface area contributed by atoms with Crippen molar-refractivity contribution in [2.75, 3.05) is 5.01 Å². The number of rotatable bonds is 5. The van der Waals surface area contributed by atoms with Gasteiger partial charge in [0.05, 0.1) is 23.8 Å². The molecule has 0 fully saturated rings. The van der Waals surface area contributed by atoms with Crippen molar-refractivity contribution in [1.82, 2.24) is 4.98 Å². The fourth-order valence-corrected chi connectivity index (χ4v) is 4.46. The quantitative estimate of drug-likeness (QED) is 0.613. The second kappa shape index (κ2) is 8.28. The molecule has 0 radical (unpaired) electrons. The first-order chi connectivity index (χ1) is 14.6. The summed E-state index contributed by atoms with van der Waals surface area (Å²) in [5.74, 6) is -2.54. The van der Waals surface area contributed by atoms with Crippen molar-refractivity contribution in [3.63, 3.8) is 0 Å². The second-order valence-corrected chi connectivity index (χ2v) is 7.76. The highest BCUT2D eigenvalue weighted by atomic mass is 32.1. The number of benzene rings is 2. The molecule has 1 amide bonds. The van der Waals surface area contributed by atoms with E-state index >= 15 is 0 Å². The molecule has 0 N–H and O–H groups in total. The van der Waals surface area contributed by atoms with E-state index in [-0.39, 0.29) is 5.91 Å². The van der Waals surface area contributed by atoms with Crippen LogP contribution in [0, 0.1) is 34.5 Å². The Bertz CT molecular complexity index is 1160. The number of amides is 1. The van der Waals surface area contributed by atoms with E-state index in [9.17, 15) is 15.3 Å². The van der Waals surface area contributed by atoms with Gasteiger partial charge < -0.3 is 0 Å². The summed E-state index contributed by atoms with van der Waals surface area (Å²) in [4.78, 5) is 18.0. The Morgan fingerprint density at radius 2 is 1.67 bits per heavy atom. The summed E-state index contributed by atoms with van der Waals surface area (Å²) in [6.07, 6.45) is 0. The minimum atomic E-state index is -0.970. The lowest BCUT2D eigenvalue weighted by atomic mass is 9.76. The summed E-state index contributed by atoms with van der Waals surface area (Å²) >= 11 is 1.33.